The third-order valence-electron chi connectivity index (χ3n) is 2.35. The molecule has 0 unspecified atom stereocenters. The van der Waals surface area contributed by atoms with Crippen LogP contribution in [0.25, 0.3) is 0 Å². The summed E-state index contributed by atoms with van der Waals surface area (Å²) >= 11 is 0. The first kappa shape index (κ1) is 10.5. The van der Waals surface area contributed by atoms with Crippen LogP contribution in [0.4, 0.5) is 11.4 Å². The van der Waals surface area contributed by atoms with Gasteiger partial charge in [0.05, 0.1) is 11.4 Å². The standard InChI is InChI=1S/C11H14N4O/c1-8-3-2-4-9(12)11(8)13-6-5-10-14-7-15-16-10/h2-4,7,13H,5-6,12H2,1H3. The van der Waals surface area contributed by atoms with Crippen molar-refractivity contribution in [2.24, 2.45) is 0 Å². The summed E-state index contributed by atoms with van der Waals surface area (Å²) < 4.78 is 4.90. The van der Waals surface area contributed by atoms with Crippen molar-refractivity contribution >= 4 is 11.4 Å². The summed E-state index contributed by atoms with van der Waals surface area (Å²) in [4.78, 5) is 3.94. The summed E-state index contributed by atoms with van der Waals surface area (Å²) in [5, 5.41) is 6.81. The van der Waals surface area contributed by atoms with E-state index in [1.165, 1.54) is 6.33 Å². The first-order valence-corrected chi connectivity index (χ1v) is 5.12. The van der Waals surface area contributed by atoms with Gasteiger partial charge in [-0.05, 0) is 18.6 Å². The van der Waals surface area contributed by atoms with E-state index >= 15 is 0 Å². The average Bonchev–Trinajstić information content (AvgIpc) is 2.75. The molecule has 0 radical (unpaired) electrons. The van der Waals surface area contributed by atoms with Gasteiger partial charge in [0.25, 0.3) is 0 Å². The van der Waals surface area contributed by atoms with Gasteiger partial charge in [0.1, 0.15) is 0 Å². The van der Waals surface area contributed by atoms with Gasteiger partial charge in [-0.2, -0.15) is 4.98 Å². The molecule has 0 aliphatic carbocycles. The highest BCUT2D eigenvalue weighted by Gasteiger charge is 2.03. The van der Waals surface area contributed by atoms with Crippen molar-refractivity contribution in [1.29, 1.82) is 0 Å². The Hall–Kier alpha value is -2.04. The van der Waals surface area contributed by atoms with Gasteiger partial charge in [0, 0.05) is 13.0 Å². The van der Waals surface area contributed by atoms with Crippen molar-refractivity contribution in [2.45, 2.75) is 13.3 Å². The van der Waals surface area contributed by atoms with Gasteiger partial charge >= 0.3 is 0 Å². The highest BCUT2D eigenvalue weighted by atomic mass is 16.5. The summed E-state index contributed by atoms with van der Waals surface area (Å²) in [5.41, 5.74) is 8.73. The van der Waals surface area contributed by atoms with Crippen LogP contribution in [0.1, 0.15) is 11.5 Å². The van der Waals surface area contributed by atoms with Gasteiger partial charge in [-0.3, -0.25) is 0 Å². The lowest BCUT2D eigenvalue weighted by Gasteiger charge is -2.10. The Morgan fingerprint density at radius 1 is 1.44 bits per heavy atom. The topological polar surface area (TPSA) is 77.0 Å². The summed E-state index contributed by atoms with van der Waals surface area (Å²) in [5.74, 6) is 0.625. The Morgan fingerprint density at radius 2 is 2.31 bits per heavy atom. The molecule has 0 bridgehead atoms. The molecule has 16 heavy (non-hydrogen) atoms. The van der Waals surface area contributed by atoms with Crippen LogP contribution < -0.4 is 11.1 Å². The van der Waals surface area contributed by atoms with Crippen molar-refractivity contribution in [3.8, 4) is 0 Å². The number of para-hydroxylation sites is 1. The summed E-state index contributed by atoms with van der Waals surface area (Å²) in [6.45, 7) is 2.74. The van der Waals surface area contributed by atoms with Crippen molar-refractivity contribution in [3.63, 3.8) is 0 Å². The van der Waals surface area contributed by atoms with Gasteiger partial charge < -0.3 is 15.6 Å². The van der Waals surface area contributed by atoms with Crippen LogP contribution in [0.2, 0.25) is 0 Å². The maximum Gasteiger partial charge on any atom is 0.228 e. The Balaban J connectivity index is 1.95. The second-order valence-electron chi connectivity index (χ2n) is 3.55. The predicted octanol–water partition coefficient (Wildman–Crippen LogP) is 1.61. The van der Waals surface area contributed by atoms with Crippen molar-refractivity contribution < 1.29 is 4.52 Å². The van der Waals surface area contributed by atoms with Crippen LogP contribution in [0.5, 0.6) is 0 Å². The van der Waals surface area contributed by atoms with Crippen molar-refractivity contribution in [2.75, 3.05) is 17.6 Å². The number of nitrogens with two attached hydrogens (primary N) is 1. The van der Waals surface area contributed by atoms with Gasteiger partial charge in [0.2, 0.25) is 5.89 Å². The van der Waals surface area contributed by atoms with Crippen molar-refractivity contribution in [3.05, 3.63) is 36.0 Å². The van der Waals surface area contributed by atoms with Gasteiger partial charge in [0.15, 0.2) is 6.33 Å². The van der Waals surface area contributed by atoms with Gasteiger partial charge in [-0.1, -0.05) is 17.3 Å². The highest BCUT2D eigenvalue weighted by molar-refractivity contribution is 5.69. The number of aryl methyl sites for hydroxylation is 1. The molecule has 3 N–H and O–H groups in total. The largest absolute Gasteiger partial charge is 0.397 e. The molecule has 1 heterocycles. The zero-order chi connectivity index (χ0) is 11.4. The third kappa shape index (κ3) is 2.31. The molecular weight excluding hydrogens is 204 g/mol. The smallest absolute Gasteiger partial charge is 0.228 e. The van der Waals surface area contributed by atoms with Crippen LogP contribution in [-0.4, -0.2) is 16.7 Å². The van der Waals surface area contributed by atoms with E-state index in [1.807, 2.05) is 25.1 Å². The van der Waals surface area contributed by atoms with E-state index in [0.717, 1.165) is 23.5 Å². The highest BCUT2D eigenvalue weighted by Crippen LogP contribution is 2.22. The number of nitrogens with one attached hydrogen (secondary N) is 1. The lowest BCUT2D eigenvalue weighted by atomic mass is 10.1. The fourth-order valence-corrected chi connectivity index (χ4v) is 1.53. The fraction of sp³-hybridized carbons (Fsp3) is 0.273. The Kier molecular flexibility index (Phi) is 3.05. The number of benzene rings is 1. The van der Waals surface area contributed by atoms with E-state index < -0.39 is 0 Å². The van der Waals surface area contributed by atoms with E-state index in [1.54, 1.807) is 0 Å². The quantitative estimate of drug-likeness (QED) is 0.762. The first-order valence-electron chi connectivity index (χ1n) is 5.12. The van der Waals surface area contributed by atoms with E-state index in [4.69, 9.17) is 10.3 Å². The molecule has 0 atom stereocenters. The molecule has 0 aliphatic rings. The molecule has 2 rings (SSSR count). The normalized spacial score (nSPS) is 10.3. The molecule has 1 aromatic heterocycles. The number of aromatic nitrogens is 2. The van der Waals surface area contributed by atoms with Crippen LogP contribution in [0, 0.1) is 6.92 Å². The van der Waals surface area contributed by atoms with Crippen LogP contribution in [0.3, 0.4) is 0 Å². The van der Waals surface area contributed by atoms with Crippen LogP contribution in [0.15, 0.2) is 29.0 Å². The maximum absolute atomic E-state index is 5.87. The number of hydrogen-bond acceptors (Lipinski definition) is 5. The zero-order valence-electron chi connectivity index (χ0n) is 9.10. The monoisotopic (exact) mass is 218 g/mol. The maximum atomic E-state index is 5.87. The van der Waals surface area contributed by atoms with Gasteiger partial charge in [-0.15, -0.1) is 0 Å². The molecule has 5 nitrogen and oxygen atoms in total. The molecule has 5 heteroatoms. The predicted molar refractivity (Wildman–Crippen MR) is 62.1 cm³/mol. The minimum atomic E-state index is 0.625. The van der Waals surface area contributed by atoms with E-state index in [-0.39, 0.29) is 0 Å². The zero-order valence-corrected chi connectivity index (χ0v) is 9.10. The Labute approximate surface area is 93.7 Å². The number of nitrogens with zero attached hydrogens (tertiary/aromatic N) is 2. The molecule has 0 saturated carbocycles. The molecule has 1 aromatic carbocycles. The van der Waals surface area contributed by atoms with Crippen LogP contribution >= 0.6 is 0 Å². The second-order valence-corrected chi connectivity index (χ2v) is 3.55. The molecule has 2 aromatic rings. The SMILES string of the molecule is Cc1cccc(N)c1NCCc1ncno1. The Morgan fingerprint density at radius 3 is 3.00 bits per heavy atom. The molecular formula is C11H14N4O. The number of anilines is 2. The molecule has 0 spiro atoms. The minimum absolute atomic E-state index is 0.625. The first-order chi connectivity index (χ1) is 7.77. The third-order valence-corrected chi connectivity index (χ3v) is 2.35. The fourth-order valence-electron chi connectivity index (χ4n) is 1.53. The Bertz CT molecular complexity index is 433. The average molecular weight is 218 g/mol. The molecule has 0 amide bonds. The number of rotatable bonds is 4. The lowest BCUT2D eigenvalue weighted by molar-refractivity contribution is 0.380. The molecule has 0 aliphatic heterocycles. The van der Waals surface area contributed by atoms with Crippen molar-refractivity contribution in [1.82, 2.24) is 10.1 Å². The number of hydrogen-bond donors (Lipinski definition) is 2. The molecule has 0 saturated heterocycles. The molecule has 0 fully saturated rings. The van der Waals surface area contributed by atoms with Crippen LogP contribution in [-0.2, 0) is 6.42 Å². The minimum Gasteiger partial charge on any atom is -0.397 e. The summed E-state index contributed by atoms with van der Waals surface area (Å²) in [7, 11) is 0. The van der Waals surface area contributed by atoms with E-state index in [2.05, 4.69) is 15.5 Å². The second kappa shape index (κ2) is 4.65. The summed E-state index contributed by atoms with van der Waals surface area (Å²) in [6, 6.07) is 5.83. The summed E-state index contributed by atoms with van der Waals surface area (Å²) in [6.07, 6.45) is 2.09. The number of nitrogen functional groups attached to an aromatic ring is 1. The van der Waals surface area contributed by atoms with Gasteiger partial charge in [-0.25, -0.2) is 0 Å². The van der Waals surface area contributed by atoms with E-state index in [0.29, 0.717) is 12.3 Å². The lowest BCUT2D eigenvalue weighted by Crippen LogP contribution is -2.08. The van der Waals surface area contributed by atoms with E-state index in [9.17, 15) is 0 Å². The molecule has 84 valence electrons.